The van der Waals surface area contributed by atoms with Gasteiger partial charge in [-0.3, -0.25) is 0 Å². The van der Waals surface area contributed by atoms with E-state index < -0.39 is 20.0 Å². The van der Waals surface area contributed by atoms with E-state index in [-0.39, 0.29) is 137 Å². The molecule has 0 aromatic heterocycles. The topological polar surface area (TPSA) is 190 Å². The van der Waals surface area contributed by atoms with Crippen molar-refractivity contribution in [1.82, 2.24) is 4.83 Å². The van der Waals surface area contributed by atoms with E-state index in [1.807, 2.05) is 38.1 Å². The van der Waals surface area contributed by atoms with Crippen molar-refractivity contribution in [3.05, 3.63) is 206 Å². The van der Waals surface area contributed by atoms with Crippen molar-refractivity contribution in [2.75, 3.05) is 7.11 Å². The second-order valence-electron chi connectivity index (χ2n) is 28.4. The Kier molecular flexibility index (Phi) is 62.1. The van der Waals surface area contributed by atoms with Gasteiger partial charge in [-0.15, -0.1) is 0 Å². The molecule has 0 amide bonds. The Bertz CT molecular complexity index is 3210. The predicted octanol–water partition coefficient (Wildman–Crippen LogP) is 17.6. The van der Waals surface area contributed by atoms with Gasteiger partial charge in [-0.05, 0) is 171 Å². The fourth-order valence-electron chi connectivity index (χ4n) is 14.3. The molecule has 11 nitrogen and oxygen atoms in total. The zero-order chi connectivity index (χ0) is 70.5. The summed E-state index contributed by atoms with van der Waals surface area (Å²) in [6.07, 6.45) is 54.5. The molecule has 0 saturated heterocycles. The van der Waals surface area contributed by atoms with Crippen LogP contribution in [0.2, 0.25) is 0 Å². The van der Waals surface area contributed by atoms with Crippen LogP contribution in [0.1, 0.15) is 330 Å². The Morgan fingerprint density at radius 2 is 0.673 bits per heavy atom. The molecule has 0 atom stereocenters. The van der Waals surface area contributed by atoms with Crippen molar-refractivity contribution >= 4 is 32.5 Å². The Morgan fingerprint density at radius 3 is 1.00 bits per heavy atom. The Hall–Kier alpha value is -2.38. The van der Waals surface area contributed by atoms with Crippen molar-refractivity contribution in [3.63, 3.8) is 0 Å². The summed E-state index contributed by atoms with van der Waals surface area (Å²) in [6, 6.07) is 47.8. The molecule has 104 heavy (non-hydrogen) atoms. The number of hydrogen-bond acceptors (Lipinski definition) is 9. The van der Waals surface area contributed by atoms with E-state index in [1.165, 1.54) is 260 Å². The number of nitrogens with zero attached hydrogens (tertiary/aromatic N) is 5. The van der Waals surface area contributed by atoms with E-state index in [0.717, 1.165) is 41.2 Å². The molecule has 8 aliphatic rings. The van der Waals surface area contributed by atoms with Gasteiger partial charge in [-0.25, -0.2) is 13.2 Å². The molecule has 0 spiro atoms. The molecule has 0 bridgehead atoms. The predicted molar refractivity (Wildman–Crippen MR) is 410 cm³/mol. The normalized spacial score (nSPS) is 16.6. The van der Waals surface area contributed by atoms with Crippen LogP contribution in [0.25, 0.3) is 4.83 Å². The molecule has 14 rings (SSSR count). The van der Waals surface area contributed by atoms with Crippen molar-refractivity contribution in [2.45, 2.75) is 305 Å². The van der Waals surface area contributed by atoms with Crippen molar-refractivity contribution < 1.29 is 149 Å². The van der Waals surface area contributed by atoms with Crippen LogP contribution in [0.4, 0.5) is 0 Å². The summed E-state index contributed by atoms with van der Waals surface area (Å²) in [7, 11) is -6.62. The largest absolute Gasteiger partial charge is 1.00 e. The zero-order valence-corrected chi connectivity index (χ0v) is 74.4. The van der Waals surface area contributed by atoms with Crippen LogP contribution in [-0.2, 0) is 88.3 Å². The maximum atomic E-state index is 12.2. The molecule has 1 N–H and O–H groups in total. The van der Waals surface area contributed by atoms with Crippen LogP contribution in [0.15, 0.2) is 166 Å². The summed E-state index contributed by atoms with van der Waals surface area (Å²) in [5, 5.41) is 28.0. The molecule has 8 fully saturated rings. The Labute approximate surface area is 718 Å². The van der Waals surface area contributed by atoms with Crippen LogP contribution in [0.5, 0.6) is 0 Å². The van der Waals surface area contributed by atoms with Gasteiger partial charge in [0.2, 0.25) is 0 Å². The molecule has 0 radical (unpaired) electrons. The van der Waals surface area contributed by atoms with Crippen molar-refractivity contribution in [3.8, 4) is 0 Å². The molecular weight excluding hydrogens is 1520 g/mol. The minimum absolute atomic E-state index is 0. The summed E-state index contributed by atoms with van der Waals surface area (Å²) in [5.41, 5.74) is 12.5. The summed E-state index contributed by atoms with van der Waals surface area (Å²) >= 11 is 0. The molecule has 6 aromatic rings. The second-order valence-corrected chi connectivity index (χ2v) is 31.6. The van der Waals surface area contributed by atoms with Crippen molar-refractivity contribution in [1.29, 1.82) is 10.8 Å². The standard InChI is InChI=1S/C19H22N2O2S.C19H21N2O2S.C14H20.C12H16.4C5H10.CH3O.4Fe.N2.2Na/c2*1-15-9-11-19(12-10-15)24(22,23)21-20-14-16-5-4-8-18(13-16)17-6-2-3-7-17;1-11(2)13-8-5-9-14(10-13)12-6-3-4-7-12;1-10-5-4-8-12(9-10)11-6-2-3-7-11;4*1-2-4-5-3-1;1-2;;;;;1-2;;/h4-5,8-14,17,21H,2-3,6-7H2,1H3;4-5,8-14,17H,2-3,6-7H2,1H3;5,8-12H,3-4,6-7H2,1-2H3;4-5,8-9,11H,2-3,6-7H2,1H3;4*1-5H2;1H3;;;;;;;/q;-1;;;;;;;-1;;;;;;2*+1/b2*20-14-;;;;;;;;;;;;;;. The number of nitrogens with one attached hydrogen (secondary N) is 1. The molecule has 568 valence electrons. The summed E-state index contributed by atoms with van der Waals surface area (Å²) in [4.78, 5) is 6.16. The summed E-state index contributed by atoms with van der Waals surface area (Å²) in [5.74, 6) is 3.63. The van der Waals surface area contributed by atoms with Gasteiger partial charge in [0.05, 0.1) is 16.0 Å². The SMILES string of the molecule is C1CCCC1.C1CCCC1.C1CCCC1.C1CCCC1.CC(C)c1cccc(C2CCCC2)c1.C[O-].Cc1ccc(S(=O)(=O)N/N=C\c2cccc(C3CCCC3)c2)cc1.Cc1ccc(S(=O)(=O)[N-]/N=C\c2cccc(C3CCCC3)c2)cc1.Cc1cccc(C2CCCC2)c1.N#N.[Fe].[Fe].[Fe].[Fe].[Na+].[Na+]. The van der Waals surface area contributed by atoms with Crippen LogP contribution >= 0.6 is 0 Å². The van der Waals surface area contributed by atoms with Gasteiger partial charge in [-0.1, -0.05) is 326 Å². The van der Waals surface area contributed by atoms with Crippen LogP contribution in [0, 0.1) is 31.6 Å². The number of benzene rings is 6. The molecule has 8 saturated carbocycles. The first kappa shape index (κ1) is 104. The summed E-state index contributed by atoms with van der Waals surface area (Å²) in [6.45, 7) is 10.5. The smallest absolute Gasteiger partial charge is 0.857 e. The maximum Gasteiger partial charge on any atom is 1.00 e. The van der Waals surface area contributed by atoms with Crippen LogP contribution in [0.3, 0.4) is 0 Å². The average Bonchev–Trinajstić information content (AvgIpc) is 1.19. The van der Waals surface area contributed by atoms with Gasteiger partial charge < -0.3 is 15.0 Å². The molecule has 19 heteroatoms. The fourth-order valence-corrected chi connectivity index (χ4v) is 15.8. The number of rotatable bonds is 13. The maximum absolute atomic E-state index is 12.2. The Morgan fingerprint density at radius 1 is 0.385 bits per heavy atom. The second kappa shape index (κ2) is 62.3. The molecule has 0 heterocycles. The molecular formula is C85H122Fe4N6Na2O5S2. The number of aryl methyl sites for hydroxylation is 3. The van der Waals surface area contributed by atoms with E-state index in [1.54, 1.807) is 65.9 Å². The van der Waals surface area contributed by atoms with Gasteiger partial charge >= 0.3 is 59.1 Å². The zero-order valence-electron chi connectivity index (χ0n) is 64.4. The Balaban J connectivity index is 0. The quantitative estimate of drug-likeness (QED) is 0.0515. The first-order chi connectivity index (χ1) is 47.7. The van der Waals surface area contributed by atoms with Gasteiger partial charge in [0.15, 0.2) is 0 Å². The number of hydrogen-bond donors (Lipinski definition) is 1. The number of sulfonamides is 2. The third kappa shape index (κ3) is 42.1. The first-order valence-corrected chi connectivity index (χ1v) is 40.8. The van der Waals surface area contributed by atoms with E-state index >= 15 is 0 Å². The third-order valence-electron chi connectivity index (χ3n) is 20.1. The third-order valence-corrected chi connectivity index (χ3v) is 22.6. The van der Waals surface area contributed by atoms with Crippen LogP contribution in [-0.4, -0.2) is 36.4 Å². The van der Waals surface area contributed by atoms with E-state index in [9.17, 15) is 16.8 Å². The van der Waals surface area contributed by atoms with E-state index in [0.29, 0.717) is 17.8 Å². The molecule has 0 aliphatic heterocycles. The van der Waals surface area contributed by atoms with E-state index in [4.69, 9.17) is 15.9 Å². The summed E-state index contributed by atoms with van der Waals surface area (Å²) < 4.78 is 48.6. The fraction of sp³-hybridized carbons (Fsp3) is 0.553. The number of hydrazone groups is 1. The first-order valence-electron chi connectivity index (χ1n) is 37.9. The van der Waals surface area contributed by atoms with Gasteiger partial charge in [0.25, 0.3) is 10.0 Å². The molecule has 0 unspecified atom stereocenters. The minimum Gasteiger partial charge on any atom is -0.857 e. The average molecular weight is 1640 g/mol. The monoisotopic (exact) mass is 1640 g/mol. The molecule has 8 aliphatic carbocycles. The van der Waals surface area contributed by atoms with Gasteiger partial charge in [0, 0.05) is 85.3 Å². The molecule has 6 aromatic carbocycles. The minimum atomic E-state index is -3.75. The van der Waals surface area contributed by atoms with E-state index in [2.05, 4.69) is 113 Å². The van der Waals surface area contributed by atoms with Gasteiger partial charge in [-0.2, -0.15) is 20.6 Å². The van der Waals surface area contributed by atoms with Gasteiger partial charge in [0.1, 0.15) is 10.0 Å². The van der Waals surface area contributed by atoms with Crippen LogP contribution < -0.4 is 69.1 Å². The van der Waals surface area contributed by atoms with Crippen molar-refractivity contribution in [2.24, 2.45) is 10.2 Å².